The van der Waals surface area contributed by atoms with Gasteiger partial charge in [-0.1, -0.05) is 11.8 Å². The minimum absolute atomic E-state index is 0.127. The topological polar surface area (TPSA) is 58.6 Å². The number of nitrogens with zero attached hydrogens (tertiary/aromatic N) is 1. The molecule has 0 spiro atoms. The second kappa shape index (κ2) is 5.06. The molecule has 0 aromatic carbocycles. The van der Waals surface area contributed by atoms with Crippen LogP contribution in [0.25, 0.3) is 0 Å². The fourth-order valence-electron chi connectivity index (χ4n) is 1.91. The molecule has 18 heavy (non-hydrogen) atoms. The van der Waals surface area contributed by atoms with Gasteiger partial charge in [-0.2, -0.15) is 0 Å². The number of carbonyl (C=O) groups excluding carboxylic acids is 2. The highest BCUT2D eigenvalue weighted by Crippen LogP contribution is 2.42. The van der Waals surface area contributed by atoms with E-state index in [1.807, 2.05) is 18.7 Å². The quantitative estimate of drug-likeness (QED) is 0.779. The molecule has 0 aromatic heterocycles. The average molecular weight is 268 g/mol. The first-order valence-corrected chi connectivity index (χ1v) is 6.73. The molecule has 0 saturated heterocycles. The van der Waals surface area contributed by atoms with Gasteiger partial charge in [-0.15, -0.1) is 0 Å². The van der Waals surface area contributed by atoms with E-state index in [0.717, 1.165) is 5.03 Å². The van der Waals surface area contributed by atoms with Crippen LogP contribution < -0.4 is 5.32 Å². The maximum absolute atomic E-state index is 11.9. The largest absolute Gasteiger partial charge is 0.460 e. The Bertz CT molecular complexity index is 454. The van der Waals surface area contributed by atoms with Crippen LogP contribution in [0, 0.1) is 0 Å². The number of thioether (sulfide) groups is 1. The number of rotatable bonds is 3. The van der Waals surface area contributed by atoms with E-state index in [-0.39, 0.29) is 18.0 Å². The smallest absolute Gasteiger partial charge is 0.337 e. The summed E-state index contributed by atoms with van der Waals surface area (Å²) in [4.78, 5) is 25.4. The summed E-state index contributed by atoms with van der Waals surface area (Å²) in [6.45, 7) is 4.31. The number of esters is 1. The summed E-state index contributed by atoms with van der Waals surface area (Å²) < 4.78 is 5.20. The second-order valence-electron chi connectivity index (χ2n) is 4.34. The third kappa shape index (κ3) is 2.25. The predicted molar refractivity (Wildman–Crippen MR) is 69.3 cm³/mol. The van der Waals surface area contributed by atoms with E-state index in [1.54, 1.807) is 12.5 Å². The molecule has 2 aliphatic rings. The van der Waals surface area contributed by atoms with Crippen molar-refractivity contribution in [3.8, 4) is 0 Å². The molecule has 0 aliphatic carbocycles. The Morgan fingerprint density at radius 3 is 2.83 bits per heavy atom. The zero-order valence-corrected chi connectivity index (χ0v) is 11.5. The van der Waals surface area contributed by atoms with Crippen molar-refractivity contribution in [1.29, 1.82) is 0 Å². The van der Waals surface area contributed by atoms with Crippen LogP contribution in [-0.2, 0) is 14.3 Å². The van der Waals surface area contributed by atoms with Crippen LogP contribution in [0.1, 0.15) is 20.3 Å². The summed E-state index contributed by atoms with van der Waals surface area (Å²) >= 11 is 1.41. The lowest BCUT2D eigenvalue weighted by atomic mass is 10.2. The average Bonchev–Trinajstić information content (AvgIpc) is 2.86. The lowest BCUT2D eigenvalue weighted by Crippen LogP contribution is -2.28. The maximum Gasteiger partial charge on any atom is 0.337 e. The van der Waals surface area contributed by atoms with Gasteiger partial charge < -0.3 is 15.0 Å². The van der Waals surface area contributed by atoms with E-state index in [2.05, 4.69) is 5.32 Å². The Kier molecular flexibility index (Phi) is 3.65. The first-order valence-electron chi connectivity index (χ1n) is 5.85. The molecule has 0 unspecified atom stereocenters. The summed E-state index contributed by atoms with van der Waals surface area (Å²) in [5, 5.41) is 5.20. The molecule has 0 fully saturated rings. The van der Waals surface area contributed by atoms with E-state index in [0.29, 0.717) is 24.2 Å². The number of fused-ring (bicyclic) bond motifs is 1. The van der Waals surface area contributed by atoms with Crippen LogP contribution in [0.4, 0.5) is 0 Å². The number of carbonyl (C=O) groups is 2. The van der Waals surface area contributed by atoms with Crippen molar-refractivity contribution in [1.82, 2.24) is 10.2 Å². The number of hydrogen-bond acceptors (Lipinski definition) is 5. The van der Waals surface area contributed by atoms with E-state index in [9.17, 15) is 9.59 Å². The molecule has 5 nitrogen and oxygen atoms in total. The molecular weight excluding hydrogens is 252 g/mol. The Morgan fingerprint density at radius 2 is 2.22 bits per heavy atom. The molecule has 98 valence electrons. The molecule has 2 heterocycles. The van der Waals surface area contributed by atoms with Crippen molar-refractivity contribution in [3.05, 3.63) is 21.7 Å². The Labute approximate surface area is 110 Å². The molecule has 0 aromatic rings. The van der Waals surface area contributed by atoms with Crippen molar-refractivity contribution in [2.75, 3.05) is 13.6 Å². The molecule has 2 aliphatic heterocycles. The highest BCUT2D eigenvalue weighted by molar-refractivity contribution is 8.06. The summed E-state index contributed by atoms with van der Waals surface area (Å²) in [6, 6.07) is 0. The molecule has 1 N–H and O–H groups in total. The summed E-state index contributed by atoms with van der Waals surface area (Å²) in [6.07, 6.45) is 0.500. The van der Waals surface area contributed by atoms with Gasteiger partial charge in [0, 0.05) is 25.4 Å². The first-order chi connectivity index (χ1) is 8.54. The number of hydrogen-bond donors (Lipinski definition) is 1. The molecule has 1 amide bonds. The van der Waals surface area contributed by atoms with Crippen molar-refractivity contribution in [2.45, 2.75) is 26.4 Å². The van der Waals surface area contributed by atoms with Gasteiger partial charge in [-0.3, -0.25) is 4.79 Å². The maximum atomic E-state index is 11.9. The fraction of sp³-hybridized carbons (Fsp3) is 0.500. The van der Waals surface area contributed by atoms with Crippen molar-refractivity contribution in [2.24, 2.45) is 0 Å². The lowest BCUT2D eigenvalue weighted by molar-refractivity contribution is -0.142. The highest BCUT2D eigenvalue weighted by Gasteiger charge is 2.36. The zero-order chi connectivity index (χ0) is 13.3. The minimum Gasteiger partial charge on any atom is -0.460 e. The van der Waals surface area contributed by atoms with Crippen LogP contribution in [0.5, 0.6) is 0 Å². The van der Waals surface area contributed by atoms with Crippen LogP contribution in [0.3, 0.4) is 0 Å². The zero-order valence-electron chi connectivity index (χ0n) is 10.6. The van der Waals surface area contributed by atoms with Gasteiger partial charge in [0.2, 0.25) is 0 Å². The lowest BCUT2D eigenvalue weighted by Gasteiger charge is -2.16. The SMILES string of the molecule is CNC(=O)C1=CSC2=C(C(=O)OC(C)C)CCN12. The van der Waals surface area contributed by atoms with E-state index in [1.165, 1.54) is 11.8 Å². The third-order valence-corrected chi connectivity index (χ3v) is 3.74. The van der Waals surface area contributed by atoms with Crippen molar-refractivity contribution < 1.29 is 14.3 Å². The number of ether oxygens (including phenoxy) is 1. The summed E-state index contributed by atoms with van der Waals surface area (Å²) in [5.41, 5.74) is 1.27. The minimum atomic E-state index is -0.276. The number of amides is 1. The van der Waals surface area contributed by atoms with Crippen LogP contribution in [0.2, 0.25) is 0 Å². The van der Waals surface area contributed by atoms with Crippen LogP contribution in [-0.4, -0.2) is 36.5 Å². The van der Waals surface area contributed by atoms with Gasteiger partial charge >= 0.3 is 5.97 Å². The Morgan fingerprint density at radius 1 is 1.50 bits per heavy atom. The Balaban J connectivity index is 2.16. The molecular formula is C12H16N2O3S. The van der Waals surface area contributed by atoms with Crippen LogP contribution >= 0.6 is 11.8 Å². The fourth-order valence-corrected chi connectivity index (χ4v) is 3.02. The summed E-state index contributed by atoms with van der Waals surface area (Å²) in [7, 11) is 1.60. The predicted octanol–water partition coefficient (Wildman–Crippen LogP) is 1.19. The second-order valence-corrected chi connectivity index (χ2v) is 5.20. The number of nitrogens with one attached hydrogen (secondary N) is 1. The Hall–Kier alpha value is -1.43. The molecule has 6 heteroatoms. The monoisotopic (exact) mass is 268 g/mol. The van der Waals surface area contributed by atoms with Gasteiger partial charge in [0.25, 0.3) is 5.91 Å². The molecule has 0 atom stereocenters. The van der Waals surface area contributed by atoms with E-state index >= 15 is 0 Å². The highest BCUT2D eigenvalue weighted by atomic mass is 32.2. The van der Waals surface area contributed by atoms with Gasteiger partial charge in [-0.25, -0.2) is 4.79 Å². The molecule has 0 bridgehead atoms. The first kappa shape index (κ1) is 13.0. The molecule has 0 saturated carbocycles. The van der Waals surface area contributed by atoms with Gasteiger partial charge in [0.15, 0.2) is 0 Å². The van der Waals surface area contributed by atoms with Gasteiger partial charge in [0.1, 0.15) is 5.70 Å². The summed E-state index contributed by atoms with van der Waals surface area (Å²) in [5.74, 6) is -0.405. The normalized spacial score (nSPS) is 18.0. The molecule has 2 rings (SSSR count). The van der Waals surface area contributed by atoms with Crippen molar-refractivity contribution >= 4 is 23.6 Å². The standard InChI is InChI=1S/C12H16N2O3S/c1-7(2)17-12(16)8-4-5-14-9(10(15)13-3)6-18-11(8)14/h6-7H,4-5H2,1-3H3,(H,13,15). The van der Waals surface area contributed by atoms with E-state index in [4.69, 9.17) is 4.74 Å². The molecule has 0 radical (unpaired) electrons. The van der Waals surface area contributed by atoms with Crippen molar-refractivity contribution in [3.63, 3.8) is 0 Å². The number of likely N-dealkylation sites (N-methyl/N-ethyl adjacent to an activating group) is 1. The van der Waals surface area contributed by atoms with E-state index < -0.39 is 0 Å². The van der Waals surface area contributed by atoms with Crippen LogP contribution in [0.15, 0.2) is 21.7 Å². The van der Waals surface area contributed by atoms with Gasteiger partial charge in [-0.05, 0) is 13.8 Å². The van der Waals surface area contributed by atoms with Gasteiger partial charge in [0.05, 0.1) is 16.7 Å². The third-order valence-electron chi connectivity index (χ3n) is 2.71.